The van der Waals surface area contributed by atoms with Gasteiger partial charge in [-0.3, -0.25) is 15.0 Å². The predicted molar refractivity (Wildman–Crippen MR) is 94.6 cm³/mol. The van der Waals surface area contributed by atoms with Crippen molar-refractivity contribution in [1.29, 1.82) is 0 Å². The second kappa shape index (κ2) is 5.45. The van der Waals surface area contributed by atoms with E-state index in [1.807, 2.05) is 31.2 Å². The topological polar surface area (TPSA) is 84.7 Å². The highest BCUT2D eigenvalue weighted by molar-refractivity contribution is 9.10. The molecule has 2 bridgehead atoms. The van der Waals surface area contributed by atoms with Crippen LogP contribution in [-0.4, -0.2) is 16.7 Å². The number of non-ortho nitro benzene ring substituents is 1. The molecule has 2 aliphatic rings. The number of benzene rings is 2. The zero-order valence-electron chi connectivity index (χ0n) is 13.2. The van der Waals surface area contributed by atoms with E-state index in [0.29, 0.717) is 23.4 Å². The van der Waals surface area contributed by atoms with Crippen LogP contribution < -0.4 is 15.0 Å². The van der Waals surface area contributed by atoms with Crippen LogP contribution in [0.5, 0.6) is 5.75 Å². The zero-order chi connectivity index (χ0) is 17.8. The molecular weight excluding hydrogens is 390 g/mol. The Hall–Kier alpha value is -2.61. The number of anilines is 1. The van der Waals surface area contributed by atoms with Gasteiger partial charge in [0.1, 0.15) is 5.75 Å². The minimum absolute atomic E-state index is 0.0189. The van der Waals surface area contributed by atoms with E-state index >= 15 is 0 Å². The van der Waals surface area contributed by atoms with Crippen molar-refractivity contribution in [3.8, 4) is 5.75 Å². The SMILES string of the molecule is C[C@@]12C[C@@H](NC(=O)N1c1cccc(Br)c1)c1cc([N+](=O)[O-])ccc1O2. The van der Waals surface area contributed by atoms with E-state index in [-0.39, 0.29) is 17.8 Å². The number of carbonyl (C=O) groups is 1. The second-order valence-corrected chi connectivity index (χ2v) is 7.19. The van der Waals surface area contributed by atoms with Gasteiger partial charge in [-0.1, -0.05) is 22.0 Å². The Morgan fingerprint density at radius 1 is 1.36 bits per heavy atom. The summed E-state index contributed by atoms with van der Waals surface area (Å²) in [6, 6.07) is 11.3. The maximum absolute atomic E-state index is 12.7. The lowest BCUT2D eigenvalue weighted by Crippen LogP contribution is -2.65. The van der Waals surface area contributed by atoms with E-state index in [9.17, 15) is 14.9 Å². The molecular formula is C17H14BrN3O4. The van der Waals surface area contributed by atoms with E-state index < -0.39 is 10.6 Å². The number of halogens is 1. The number of carbonyl (C=O) groups excluding carboxylic acids is 1. The minimum Gasteiger partial charge on any atom is -0.467 e. The second-order valence-electron chi connectivity index (χ2n) is 6.28. The number of hydrogen-bond donors (Lipinski definition) is 1. The van der Waals surface area contributed by atoms with Crippen LogP contribution in [0.25, 0.3) is 0 Å². The van der Waals surface area contributed by atoms with E-state index in [2.05, 4.69) is 21.2 Å². The van der Waals surface area contributed by atoms with Crippen molar-refractivity contribution in [2.75, 3.05) is 4.90 Å². The molecule has 4 rings (SSSR count). The highest BCUT2D eigenvalue weighted by Gasteiger charge is 2.50. The minimum atomic E-state index is -0.878. The van der Waals surface area contributed by atoms with Crippen LogP contribution in [0, 0.1) is 10.1 Å². The number of nitro groups is 1. The van der Waals surface area contributed by atoms with Crippen molar-refractivity contribution in [1.82, 2.24) is 5.32 Å². The average Bonchev–Trinajstić information content (AvgIpc) is 2.53. The van der Waals surface area contributed by atoms with Crippen LogP contribution >= 0.6 is 15.9 Å². The summed E-state index contributed by atoms with van der Waals surface area (Å²) in [5.74, 6) is 0.546. The number of nitrogens with one attached hydrogen (secondary N) is 1. The normalized spacial score (nSPS) is 24.2. The molecule has 2 amide bonds. The van der Waals surface area contributed by atoms with Crippen molar-refractivity contribution in [2.45, 2.75) is 25.1 Å². The molecule has 8 heteroatoms. The van der Waals surface area contributed by atoms with Crippen LogP contribution in [0.4, 0.5) is 16.2 Å². The number of rotatable bonds is 2. The fraction of sp³-hybridized carbons (Fsp3) is 0.235. The van der Waals surface area contributed by atoms with Gasteiger partial charge < -0.3 is 10.1 Å². The summed E-state index contributed by atoms with van der Waals surface area (Å²) in [5, 5.41) is 14.0. The Bertz CT molecular complexity index is 903. The summed E-state index contributed by atoms with van der Waals surface area (Å²) < 4.78 is 6.99. The number of nitro benzene ring substituents is 1. The van der Waals surface area contributed by atoms with Gasteiger partial charge in [-0.15, -0.1) is 0 Å². The lowest BCUT2D eigenvalue weighted by molar-refractivity contribution is -0.385. The van der Waals surface area contributed by atoms with Crippen molar-refractivity contribution >= 4 is 33.3 Å². The molecule has 2 aromatic carbocycles. The van der Waals surface area contributed by atoms with Gasteiger partial charge >= 0.3 is 6.03 Å². The Labute approximate surface area is 151 Å². The van der Waals surface area contributed by atoms with Crippen molar-refractivity contribution < 1.29 is 14.5 Å². The molecule has 128 valence electrons. The van der Waals surface area contributed by atoms with Crippen molar-refractivity contribution in [2.24, 2.45) is 0 Å². The van der Waals surface area contributed by atoms with Crippen LogP contribution in [0.3, 0.4) is 0 Å². The first-order chi connectivity index (χ1) is 11.9. The summed E-state index contributed by atoms with van der Waals surface area (Å²) in [5.41, 5.74) is 0.443. The Kier molecular flexibility index (Phi) is 3.47. The van der Waals surface area contributed by atoms with E-state index in [4.69, 9.17) is 4.74 Å². The molecule has 2 atom stereocenters. The summed E-state index contributed by atoms with van der Waals surface area (Å²) >= 11 is 3.42. The maximum Gasteiger partial charge on any atom is 0.325 e. The number of urea groups is 1. The standard InChI is InChI=1S/C17H14BrN3O4/c1-17-9-14(13-8-12(21(23)24)5-6-15(13)25-17)19-16(22)20(17)11-4-2-3-10(18)7-11/h2-8,14H,9H2,1H3,(H,19,22)/t14-,17-/m1/s1. The molecule has 2 aliphatic heterocycles. The monoisotopic (exact) mass is 403 g/mol. The van der Waals surface area contributed by atoms with Gasteiger partial charge in [-0.05, 0) is 31.2 Å². The van der Waals surface area contributed by atoms with Gasteiger partial charge in [-0.25, -0.2) is 4.79 Å². The molecule has 0 aliphatic carbocycles. The summed E-state index contributed by atoms with van der Waals surface area (Å²) in [6.45, 7) is 1.85. The molecule has 0 aromatic heterocycles. The summed E-state index contributed by atoms with van der Waals surface area (Å²) in [7, 11) is 0. The van der Waals surface area contributed by atoms with Crippen LogP contribution in [0.15, 0.2) is 46.9 Å². The first-order valence-corrected chi connectivity index (χ1v) is 8.50. The molecule has 0 unspecified atom stereocenters. The first kappa shape index (κ1) is 15.9. The van der Waals surface area contributed by atoms with Crippen LogP contribution in [-0.2, 0) is 0 Å². The van der Waals surface area contributed by atoms with Crippen molar-refractivity contribution in [3.63, 3.8) is 0 Å². The molecule has 0 spiro atoms. The smallest absolute Gasteiger partial charge is 0.325 e. The summed E-state index contributed by atoms with van der Waals surface area (Å²) in [6.07, 6.45) is 0.486. The molecule has 0 saturated carbocycles. The van der Waals surface area contributed by atoms with Gasteiger partial charge in [0.05, 0.1) is 16.7 Å². The van der Waals surface area contributed by atoms with E-state index in [0.717, 1.165) is 4.47 Å². The highest BCUT2D eigenvalue weighted by atomic mass is 79.9. The lowest BCUT2D eigenvalue weighted by Gasteiger charge is -2.50. The van der Waals surface area contributed by atoms with E-state index in [1.54, 1.807) is 11.0 Å². The number of hydrogen-bond acceptors (Lipinski definition) is 4. The van der Waals surface area contributed by atoms with Gasteiger partial charge in [-0.2, -0.15) is 0 Å². The predicted octanol–water partition coefficient (Wildman–Crippen LogP) is 4.13. The number of fused-ring (bicyclic) bond motifs is 4. The van der Waals surface area contributed by atoms with Crippen molar-refractivity contribution in [3.05, 3.63) is 62.6 Å². The van der Waals surface area contributed by atoms with Crippen LogP contribution in [0.2, 0.25) is 0 Å². The molecule has 1 saturated heterocycles. The summed E-state index contributed by atoms with van der Waals surface area (Å²) in [4.78, 5) is 24.9. The molecule has 1 N–H and O–H groups in total. The molecule has 2 aromatic rings. The number of amides is 2. The number of ether oxygens (including phenoxy) is 1. The fourth-order valence-electron chi connectivity index (χ4n) is 3.48. The lowest BCUT2D eigenvalue weighted by atomic mass is 9.90. The molecule has 1 fully saturated rings. The third kappa shape index (κ3) is 2.53. The molecule has 25 heavy (non-hydrogen) atoms. The highest BCUT2D eigenvalue weighted by Crippen LogP contribution is 2.46. The largest absolute Gasteiger partial charge is 0.467 e. The van der Waals surface area contributed by atoms with E-state index in [1.165, 1.54) is 12.1 Å². The third-order valence-electron chi connectivity index (χ3n) is 4.53. The Morgan fingerprint density at radius 2 is 2.16 bits per heavy atom. The first-order valence-electron chi connectivity index (χ1n) is 7.71. The average molecular weight is 404 g/mol. The maximum atomic E-state index is 12.7. The molecule has 0 radical (unpaired) electrons. The van der Waals surface area contributed by atoms with Gasteiger partial charge in [0.15, 0.2) is 5.72 Å². The molecule has 7 nitrogen and oxygen atoms in total. The number of nitrogens with zero attached hydrogens (tertiary/aromatic N) is 2. The zero-order valence-corrected chi connectivity index (χ0v) is 14.8. The third-order valence-corrected chi connectivity index (χ3v) is 5.03. The quantitative estimate of drug-likeness (QED) is 0.603. The van der Waals surface area contributed by atoms with Gasteiger partial charge in [0.25, 0.3) is 5.69 Å². The van der Waals surface area contributed by atoms with Gasteiger partial charge in [0.2, 0.25) is 0 Å². The Balaban J connectivity index is 1.79. The Morgan fingerprint density at radius 3 is 2.88 bits per heavy atom. The molecule has 2 heterocycles. The van der Waals surface area contributed by atoms with Gasteiger partial charge in [0, 0.05) is 28.6 Å². The fourth-order valence-corrected chi connectivity index (χ4v) is 3.87. The van der Waals surface area contributed by atoms with Crippen LogP contribution in [0.1, 0.15) is 24.9 Å².